The first-order valence-corrected chi connectivity index (χ1v) is 8.72. The summed E-state index contributed by atoms with van der Waals surface area (Å²) in [5.41, 5.74) is 27.6. The lowest BCUT2D eigenvalue weighted by Crippen LogP contribution is -2.15. The zero-order chi connectivity index (χ0) is 20.7. The largest absolute Gasteiger partial charge is 0.399 e. The highest BCUT2D eigenvalue weighted by atomic mass is 16.1. The summed E-state index contributed by atoms with van der Waals surface area (Å²) < 4.78 is 0. The number of primary amides is 2. The molecule has 0 fully saturated rings. The van der Waals surface area contributed by atoms with E-state index in [0.717, 1.165) is 5.56 Å². The van der Waals surface area contributed by atoms with Crippen LogP contribution < -0.4 is 22.9 Å². The molecular weight excluding hydrogens is 368 g/mol. The predicted molar refractivity (Wildman–Crippen MR) is 113 cm³/mol. The summed E-state index contributed by atoms with van der Waals surface area (Å²) in [5, 5.41) is 0. The number of carbonyl (C=O) groups excluding carboxylic acids is 2. The number of anilines is 2. The molecule has 1 aromatic heterocycles. The van der Waals surface area contributed by atoms with Crippen LogP contribution in [-0.2, 0) is 0 Å². The molecular formula is C21H18N6O2. The number of nitrogens with zero attached hydrogens (tertiary/aromatic N) is 1. The van der Waals surface area contributed by atoms with Gasteiger partial charge >= 0.3 is 0 Å². The van der Waals surface area contributed by atoms with Crippen molar-refractivity contribution in [2.24, 2.45) is 11.5 Å². The number of aromatic amines is 1. The standard InChI is InChI=1S/C21H18N6O2/c22-12-4-1-10(2-5-12)21-26-17-8-15(16(23)9-18(17)27-21)14-7-11(19(24)28)3-6-13(14)20(25)29/h1-9H,22-23H2,(H2,24,28)(H2,25,29)(H,26,27). The van der Waals surface area contributed by atoms with Gasteiger partial charge in [0, 0.05) is 33.6 Å². The highest BCUT2D eigenvalue weighted by Crippen LogP contribution is 2.34. The molecule has 0 atom stereocenters. The Labute approximate surface area is 165 Å². The molecule has 8 nitrogen and oxygen atoms in total. The highest BCUT2D eigenvalue weighted by Gasteiger charge is 2.17. The van der Waals surface area contributed by atoms with E-state index in [9.17, 15) is 9.59 Å². The molecule has 0 saturated heterocycles. The van der Waals surface area contributed by atoms with Gasteiger partial charge in [-0.3, -0.25) is 9.59 Å². The minimum Gasteiger partial charge on any atom is -0.399 e. The van der Waals surface area contributed by atoms with Gasteiger partial charge in [0.15, 0.2) is 0 Å². The molecule has 2 amide bonds. The molecule has 4 aromatic rings. The maximum Gasteiger partial charge on any atom is 0.249 e. The minimum absolute atomic E-state index is 0.235. The predicted octanol–water partition coefficient (Wildman–Crippen LogP) is 2.26. The molecule has 0 aliphatic carbocycles. The molecule has 29 heavy (non-hydrogen) atoms. The van der Waals surface area contributed by atoms with Crippen molar-refractivity contribution in [3.63, 3.8) is 0 Å². The maximum absolute atomic E-state index is 11.9. The van der Waals surface area contributed by atoms with Gasteiger partial charge in [-0.25, -0.2) is 4.98 Å². The van der Waals surface area contributed by atoms with Crippen molar-refractivity contribution >= 4 is 34.2 Å². The quantitative estimate of drug-likeness (QED) is 0.339. The highest BCUT2D eigenvalue weighted by molar-refractivity contribution is 6.05. The Morgan fingerprint density at radius 2 is 1.55 bits per heavy atom. The average Bonchev–Trinajstić information content (AvgIpc) is 3.10. The van der Waals surface area contributed by atoms with Crippen molar-refractivity contribution in [2.75, 3.05) is 11.5 Å². The Hall–Kier alpha value is -4.33. The van der Waals surface area contributed by atoms with E-state index in [0.29, 0.717) is 39.4 Å². The van der Waals surface area contributed by atoms with Gasteiger partial charge in [-0.2, -0.15) is 0 Å². The zero-order valence-electron chi connectivity index (χ0n) is 15.3. The number of nitrogen functional groups attached to an aromatic ring is 2. The molecule has 144 valence electrons. The summed E-state index contributed by atoms with van der Waals surface area (Å²) in [6.45, 7) is 0. The van der Waals surface area contributed by atoms with Gasteiger partial charge < -0.3 is 27.9 Å². The number of nitrogens with two attached hydrogens (primary N) is 4. The summed E-state index contributed by atoms with van der Waals surface area (Å²) in [7, 11) is 0. The van der Waals surface area contributed by atoms with Crippen LogP contribution in [0.3, 0.4) is 0 Å². The summed E-state index contributed by atoms with van der Waals surface area (Å²) in [5.74, 6) is -0.602. The SMILES string of the molecule is NC(=O)c1ccc(C(N)=O)c(-c2cc3[nH]c(-c4ccc(N)cc4)nc3cc2N)c1. The number of carbonyl (C=O) groups is 2. The molecule has 9 N–H and O–H groups in total. The van der Waals surface area contributed by atoms with E-state index >= 15 is 0 Å². The van der Waals surface area contributed by atoms with Crippen LogP contribution in [0, 0.1) is 0 Å². The van der Waals surface area contributed by atoms with Crippen LogP contribution in [0.1, 0.15) is 20.7 Å². The smallest absolute Gasteiger partial charge is 0.249 e. The van der Waals surface area contributed by atoms with Crippen LogP contribution in [-0.4, -0.2) is 21.8 Å². The fraction of sp³-hybridized carbons (Fsp3) is 0. The van der Waals surface area contributed by atoms with E-state index in [4.69, 9.17) is 22.9 Å². The normalized spacial score (nSPS) is 10.9. The van der Waals surface area contributed by atoms with Crippen LogP contribution in [0.5, 0.6) is 0 Å². The van der Waals surface area contributed by atoms with E-state index in [-0.39, 0.29) is 11.1 Å². The monoisotopic (exact) mass is 386 g/mol. The second kappa shape index (κ2) is 6.68. The lowest BCUT2D eigenvalue weighted by atomic mass is 9.95. The second-order valence-electron chi connectivity index (χ2n) is 6.65. The maximum atomic E-state index is 11.9. The molecule has 0 saturated carbocycles. The number of imidazole rings is 1. The van der Waals surface area contributed by atoms with Gasteiger partial charge in [0.05, 0.1) is 11.0 Å². The van der Waals surface area contributed by atoms with Crippen molar-refractivity contribution in [1.29, 1.82) is 0 Å². The van der Waals surface area contributed by atoms with Gasteiger partial charge in [0.2, 0.25) is 11.8 Å². The number of benzene rings is 3. The fourth-order valence-electron chi connectivity index (χ4n) is 3.22. The lowest BCUT2D eigenvalue weighted by Gasteiger charge is -2.11. The zero-order valence-corrected chi connectivity index (χ0v) is 15.3. The van der Waals surface area contributed by atoms with Crippen LogP contribution in [0.25, 0.3) is 33.5 Å². The Morgan fingerprint density at radius 3 is 2.21 bits per heavy atom. The Kier molecular flexibility index (Phi) is 4.16. The molecule has 0 bridgehead atoms. The van der Waals surface area contributed by atoms with Crippen molar-refractivity contribution in [3.05, 3.63) is 65.7 Å². The molecule has 0 aliphatic rings. The van der Waals surface area contributed by atoms with Gasteiger partial charge in [0.1, 0.15) is 5.82 Å². The van der Waals surface area contributed by atoms with Crippen molar-refractivity contribution in [2.45, 2.75) is 0 Å². The number of H-pyrrole nitrogens is 1. The molecule has 4 rings (SSSR count). The van der Waals surface area contributed by atoms with Crippen LogP contribution >= 0.6 is 0 Å². The number of hydrogen-bond donors (Lipinski definition) is 5. The third-order valence-electron chi connectivity index (χ3n) is 4.70. The molecule has 0 aliphatic heterocycles. The third-order valence-corrected chi connectivity index (χ3v) is 4.70. The number of amides is 2. The van der Waals surface area contributed by atoms with Gasteiger partial charge in [-0.15, -0.1) is 0 Å². The number of nitrogens with one attached hydrogen (secondary N) is 1. The first-order chi connectivity index (χ1) is 13.8. The van der Waals surface area contributed by atoms with E-state index < -0.39 is 11.8 Å². The van der Waals surface area contributed by atoms with E-state index in [1.165, 1.54) is 18.2 Å². The van der Waals surface area contributed by atoms with Crippen LogP contribution in [0.4, 0.5) is 11.4 Å². The number of hydrogen-bond acceptors (Lipinski definition) is 5. The van der Waals surface area contributed by atoms with Crippen molar-refractivity contribution < 1.29 is 9.59 Å². The van der Waals surface area contributed by atoms with Crippen LogP contribution in [0.15, 0.2) is 54.6 Å². The number of aromatic nitrogens is 2. The molecule has 0 spiro atoms. The first-order valence-electron chi connectivity index (χ1n) is 8.72. The summed E-state index contributed by atoms with van der Waals surface area (Å²) in [4.78, 5) is 31.3. The van der Waals surface area contributed by atoms with E-state index in [2.05, 4.69) is 9.97 Å². The summed E-state index contributed by atoms with van der Waals surface area (Å²) in [6.07, 6.45) is 0. The van der Waals surface area contributed by atoms with Crippen LogP contribution in [0.2, 0.25) is 0 Å². The number of rotatable bonds is 4. The molecule has 0 unspecified atom stereocenters. The summed E-state index contributed by atoms with van der Waals surface area (Å²) >= 11 is 0. The van der Waals surface area contributed by atoms with Crippen molar-refractivity contribution in [1.82, 2.24) is 9.97 Å². The molecule has 1 heterocycles. The number of fused-ring (bicyclic) bond motifs is 1. The fourth-order valence-corrected chi connectivity index (χ4v) is 3.22. The van der Waals surface area contributed by atoms with E-state index in [1.54, 1.807) is 24.3 Å². The topological polar surface area (TPSA) is 167 Å². The average molecular weight is 386 g/mol. The summed E-state index contributed by atoms with van der Waals surface area (Å²) in [6, 6.07) is 15.2. The van der Waals surface area contributed by atoms with Gasteiger partial charge in [-0.05, 0) is 60.2 Å². The minimum atomic E-state index is -0.636. The first kappa shape index (κ1) is 18.1. The molecule has 0 radical (unpaired) electrons. The Morgan fingerprint density at radius 1 is 0.828 bits per heavy atom. The van der Waals surface area contributed by atoms with E-state index in [1.807, 2.05) is 12.1 Å². The third kappa shape index (κ3) is 3.23. The molecule has 8 heteroatoms. The van der Waals surface area contributed by atoms with Gasteiger partial charge in [-0.1, -0.05) is 0 Å². The molecule has 3 aromatic carbocycles. The Bertz CT molecular complexity index is 1270. The lowest BCUT2D eigenvalue weighted by molar-refractivity contribution is 0.0989. The second-order valence-corrected chi connectivity index (χ2v) is 6.65. The van der Waals surface area contributed by atoms with Crippen molar-refractivity contribution in [3.8, 4) is 22.5 Å². The Balaban J connectivity index is 1.90. The van der Waals surface area contributed by atoms with Gasteiger partial charge in [0.25, 0.3) is 0 Å².